The predicted molar refractivity (Wildman–Crippen MR) is 115 cm³/mol. The molecule has 4 aromatic rings. The normalized spacial score (nSPS) is 16.8. The fourth-order valence-electron chi connectivity index (χ4n) is 3.40. The van der Waals surface area contributed by atoms with Crippen molar-refractivity contribution in [1.29, 1.82) is 0 Å². The van der Waals surface area contributed by atoms with Crippen LogP contribution in [0.3, 0.4) is 0 Å². The molecule has 1 atom stereocenters. The van der Waals surface area contributed by atoms with Gasteiger partial charge in [-0.25, -0.2) is 9.97 Å². The predicted octanol–water partition coefficient (Wildman–Crippen LogP) is 5.39. The molecule has 5 rings (SSSR count). The van der Waals surface area contributed by atoms with Gasteiger partial charge < -0.3 is 4.74 Å². The molecule has 2 aromatic heterocycles. The summed E-state index contributed by atoms with van der Waals surface area (Å²) in [5.74, 6) is -0.0824. The van der Waals surface area contributed by atoms with Crippen LogP contribution in [0, 0.1) is 0 Å². The Kier molecular flexibility index (Phi) is 4.76. The van der Waals surface area contributed by atoms with E-state index in [4.69, 9.17) is 16.3 Å². The zero-order valence-corrected chi connectivity index (χ0v) is 17.2. The minimum atomic E-state index is -0.0824. The van der Waals surface area contributed by atoms with Crippen molar-refractivity contribution in [2.45, 2.75) is 18.9 Å². The van der Waals surface area contributed by atoms with E-state index < -0.39 is 0 Å². The standard InChI is InChI=1S/C20H16ClN3O2S2/c21-14-4-1-5-16-18(14)23-20(28-16)24(10-13-3-2-8-26-13)19(25)12-6-7-15-17(9-12)27-11-22-15/h1,4-7,9,11,13H,2-3,8,10H2. The molecule has 1 fully saturated rings. The summed E-state index contributed by atoms with van der Waals surface area (Å²) in [5.41, 5.74) is 4.05. The summed E-state index contributed by atoms with van der Waals surface area (Å²) < 4.78 is 7.75. The van der Waals surface area contributed by atoms with E-state index in [-0.39, 0.29) is 12.0 Å². The number of hydrogen-bond donors (Lipinski definition) is 0. The van der Waals surface area contributed by atoms with Crippen molar-refractivity contribution >= 4 is 65.7 Å². The number of anilines is 1. The van der Waals surface area contributed by atoms with Gasteiger partial charge in [0, 0.05) is 12.2 Å². The topological polar surface area (TPSA) is 55.3 Å². The second-order valence-corrected chi connectivity index (χ2v) is 8.97. The molecule has 0 N–H and O–H groups in total. The van der Waals surface area contributed by atoms with Crippen LogP contribution in [0.1, 0.15) is 23.2 Å². The molecule has 0 radical (unpaired) electrons. The lowest BCUT2D eigenvalue weighted by molar-refractivity contribution is 0.0917. The SMILES string of the molecule is O=C(c1ccc2ncsc2c1)N(CC1CCCO1)c1nc2c(Cl)cccc2s1. The largest absolute Gasteiger partial charge is 0.376 e. The summed E-state index contributed by atoms with van der Waals surface area (Å²) in [6.45, 7) is 1.22. The number of rotatable bonds is 4. The lowest BCUT2D eigenvalue weighted by Crippen LogP contribution is -2.37. The minimum absolute atomic E-state index is 0.0265. The zero-order chi connectivity index (χ0) is 19.1. The van der Waals surface area contributed by atoms with Crippen molar-refractivity contribution in [3.05, 3.63) is 52.5 Å². The molecule has 8 heteroatoms. The van der Waals surface area contributed by atoms with Crippen molar-refractivity contribution in [3.8, 4) is 0 Å². The molecule has 28 heavy (non-hydrogen) atoms. The second-order valence-electron chi connectivity index (χ2n) is 6.67. The average molecular weight is 430 g/mol. The third-order valence-electron chi connectivity index (χ3n) is 4.82. The summed E-state index contributed by atoms with van der Waals surface area (Å²) in [5, 5.41) is 1.24. The van der Waals surface area contributed by atoms with E-state index in [2.05, 4.69) is 9.97 Å². The highest BCUT2D eigenvalue weighted by molar-refractivity contribution is 7.22. The van der Waals surface area contributed by atoms with Crippen LogP contribution in [0.25, 0.3) is 20.4 Å². The quantitative estimate of drug-likeness (QED) is 0.436. The molecule has 2 aromatic carbocycles. The van der Waals surface area contributed by atoms with Crippen LogP contribution in [0.4, 0.5) is 5.13 Å². The molecule has 0 saturated carbocycles. The highest BCUT2D eigenvalue weighted by atomic mass is 35.5. The summed E-state index contributed by atoms with van der Waals surface area (Å²) in [6.07, 6.45) is 1.99. The molecule has 1 aliphatic heterocycles. The molecule has 3 heterocycles. The number of hydrogen-bond acceptors (Lipinski definition) is 6. The van der Waals surface area contributed by atoms with E-state index in [1.54, 1.807) is 10.4 Å². The maximum Gasteiger partial charge on any atom is 0.260 e. The van der Waals surface area contributed by atoms with E-state index in [1.807, 2.05) is 36.4 Å². The Bertz CT molecular complexity index is 1170. The van der Waals surface area contributed by atoms with E-state index >= 15 is 0 Å². The smallest absolute Gasteiger partial charge is 0.260 e. The number of nitrogens with zero attached hydrogens (tertiary/aromatic N) is 3. The lowest BCUT2D eigenvalue weighted by atomic mass is 10.1. The number of thiazole rings is 2. The number of aromatic nitrogens is 2. The number of carbonyl (C=O) groups excluding carboxylic acids is 1. The van der Waals surface area contributed by atoms with Gasteiger partial charge in [-0.1, -0.05) is 29.0 Å². The van der Waals surface area contributed by atoms with Crippen molar-refractivity contribution in [2.75, 3.05) is 18.1 Å². The van der Waals surface area contributed by atoms with Gasteiger partial charge in [0.2, 0.25) is 0 Å². The van der Waals surface area contributed by atoms with Gasteiger partial charge in [0.15, 0.2) is 5.13 Å². The fraction of sp³-hybridized carbons (Fsp3) is 0.250. The number of benzene rings is 2. The molecule has 1 aliphatic rings. The Labute approximate surface area is 174 Å². The first-order chi connectivity index (χ1) is 13.7. The zero-order valence-electron chi connectivity index (χ0n) is 14.8. The molecule has 0 bridgehead atoms. The van der Waals surface area contributed by atoms with Crippen molar-refractivity contribution in [1.82, 2.24) is 9.97 Å². The van der Waals surface area contributed by atoms with Crippen LogP contribution in [-0.4, -0.2) is 35.1 Å². The first kappa shape index (κ1) is 18.0. The van der Waals surface area contributed by atoms with Gasteiger partial charge in [0.05, 0.1) is 38.1 Å². The third-order valence-corrected chi connectivity index (χ3v) is 6.96. The first-order valence-corrected chi connectivity index (χ1v) is 11.1. The molecule has 1 amide bonds. The molecule has 1 saturated heterocycles. The summed E-state index contributed by atoms with van der Waals surface area (Å²) in [7, 11) is 0. The number of ether oxygens (including phenoxy) is 1. The van der Waals surface area contributed by atoms with Gasteiger partial charge in [-0.15, -0.1) is 11.3 Å². The van der Waals surface area contributed by atoms with E-state index in [9.17, 15) is 4.79 Å². The third kappa shape index (κ3) is 3.28. The van der Waals surface area contributed by atoms with Gasteiger partial charge in [0.1, 0.15) is 5.52 Å². The molecular formula is C20H16ClN3O2S2. The van der Waals surface area contributed by atoms with E-state index in [0.29, 0.717) is 22.3 Å². The summed E-state index contributed by atoms with van der Waals surface area (Å²) >= 11 is 9.31. The van der Waals surface area contributed by atoms with Crippen LogP contribution in [0.5, 0.6) is 0 Å². The number of amides is 1. The van der Waals surface area contributed by atoms with Gasteiger partial charge in [-0.2, -0.15) is 0 Å². The molecule has 5 nitrogen and oxygen atoms in total. The molecule has 1 unspecified atom stereocenters. The van der Waals surface area contributed by atoms with Crippen molar-refractivity contribution in [2.24, 2.45) is 0 Å². The fourth-order valence-corrected chi connectivity index (χ4v) is 5.39. The molecule has 142 valence electrons. The number of halogens is 1. The molecule has 0 spiro atoms. The average Bonchev–Trinajstić information content (AvgIpc) is 3.45. The van der Waals surface area contributed by atoms with Gasteiger partial charge >= 0.3 is 0 Å². The van der Waals surface area contributed by atoms with E-state index in [1.165, 1.54) is 22.7 Å². The summed E-state index contributed by atoms with van der Waals surface area (Å²) in [6, 6.07) is 11.3. The van der Waals surface area contributed by atoms with Gasteiger partial charge in [0.25, 0.3) is 5.91 Å². The van der Waals surface area contributed by atoms with Crippen molar-refractivity contribution < 1.29 is 9.53 Å². The number of carbonyl (C=O) groups is 1. The Hall–Kier alpha value is -2.06. The van der Waals surface area contributed by atoms with Crippen molar-refractivity contribution in [3.63, 3.8) is 0 Å². The van der Waals surface area contributed by atoms with Crippen LogP contribution in [-0.2, 0) is 4.74 Å². The monoisotopic (exact) mass is 429 g/mol. The van der Waals surface area contributed by atoms with E-state index in [0.717, 1.165) is 39.9 Å². The van der Waals surface area contributed by atoms with Crippen LogP contribution in [0.2, 0.25) is 5.02 Å². The Morgan fingerprint density at radius 2 is 2.21 bits per heavy atom. The van der Waals surface area contributed by atoms with Crippen LogP contribution < -0.4 is 4.90 Å². The highest BCUT2D eigenvalue weighted by Gasteiger charge is 2.27. The maximum atomic E-state index is 13.4. The molecular weight excluding hydrogens is 414 g/mol. The minimum Gasteiger partial charge on any atom is -0.376 e. The lowest BCUT2D eigenvalue weighted by Gasteiger charge is -2.23. The first-order valence-electron chi connectivity index (χ1n) is 9.01. The van der Waals surface area contributed by atoms with Gasteiger partial charge in [-0.05, 0) is 43.2 Å². The Morgan fingerprint density at radius 1 is 1.29 bits per heavy atom. The number of fused-ring (bicyclic) bond motifs is 2. The van der Waals surface area contributed by atoms with Crippen LogP contribution >= 0.6 is 34.3 Å². The Morgan fingerprint density at radius 3 is 3.04 bits per heavy atom. The van der Waals surface area contributed by atoms with Gasteiger partial charge in [-0.3, -0.25) is 9.69 Å². The number of para-hydroxylation sites is 1. The highest BCUT2D eigenvalue weighted by Crippen LogP contribution is 2.34. The summed E-state index contributed by atoms with van der Waals surface area (Å²) in [4.78, 5) is 24.2. The van der Waals surface area contributed by atoms with Crippen LogP contribution in [0.15, 0.2) is 41.9 Å². The molecule has 0 aliphatic carbocycles. The Balaban J connectivity index is 1.55. The maximum absolute atomic E-state index is 13.4. The second kappa shape index (κ2) is 7.40.